The fraction of sp³-hybridized carbons (Fsp3) is 0.364. The number of benzene rings is 1. The molecular weight excluding hydrogens is 307 g/mol. The molecule has 0 unspecified atom stereocenters. The number of amides is 1. The number of hydrogen-bond acceptors (Lipinski definition) is 3. The minimum Gasteiger partial charge on any atom is -0.508 e. The van der Waals surface area contributed by atoms with Gasteiger partial charge in [-0.1, -0.05) is 15.9 Å². The fourth-order valence-corrected chi connectivity index (χ4v) is 1.68. The summed E-state index contributed by atoms with van der Waals surface area (Å²) in [6, 6.07) is 4.91. The Balaban J connectivity index is 0.00000256. The molecule has 0 saturated heterocycles. The van der Waals surface area contributed by atoms with Crippen LogP contribution in [0.15, 0.2) is 22.7 Å². The van der Waals surface area contributed by atoms with Crippen molar-refractivity contribution in [3.63, 3.8) is 0 Å². The third-order valence-corrected chi connectivity index (χ3v) is 2.77. The summed E-state index contributed by atoms with van der Waals surface area (Å²) < 4.78 is 0.898. The van der Waals surface area contributed by atoms with Gasteiger partial charge >= 0.3 is 0 Å². The molecule has 0 radical (unpaired) electrons. The lowest BCUT2D eigenvalue weighted by atomic mass is 10.2. The zero-order valence-corrected chi connectivity index (χ0v) is 12.1. The van der Waals surface area contributed by atoms with Gasteiger partial charge in [-0.3, -0.25) is 4.79 Å². The summed E-state index contributed by atoms with van der Waals surface area (Å²) in [5.74, 6) is 0.147. The Labute approximate surface area is 115 Å². The number of aromatic hydroxyl groups is 1. The number of phenolic OH excluding ortho intramolecular Hbond substituents is 1. The van der Waals surface area contributed by atoms with Crippen LogP contribution in [-0.4, -0.2) is 24.1 Å². The van der Waals surface area contributed by atoms with E-state index in [4.69, 9.17) is 0 Å². The molecule has 0 aliphatic rings. The third kappa shape index (κ3) is 4.93. The molecule has 1 aromatic carbocycles. The number of phenols is 1. The molecule has 0 saturated carbocycles. The Morgan fingerprint density at radius 3 is 2.76 bits per heavy atom. The second kappa shape index (κ2) is 7.53. The molecule has 0 aliphatic heterocycles. The Kier molecular flexibility index (Phi) is 7.18. The summed E-state index contributed by atoms with van der Waals surface area (Å²) in [5, 5.41) is 15.2. The first-order valence-corrected chi connectivity index (χ1v) is 5.76. The van der Waals surface area contributed by atoms with E-state index in [0.717, 1.165) is 10.0 Å². The SMILES string of the molecule is CNC(=O)[C@@H](C)NCc1cc(Br)ccc1O.Cl. The highest BCUT2D eigenvalue weighted by atomic mass is 79.9. The van der Waals surface area contributed by atoms with E-state index in [0.29, 0.717) is 6.54 Å². The molecule has 0 bridgehead atoms. The van der Waals surface area contributed by atoms with E-state index in [-0.39, 0.29) is 30.1 Å². The van der Waals surface area contributed by atoms with Crippen LogP contribution in [0.2, 0.25) is 0 Å². The Bertz CT molecular complexity index is 388. The van der Waals surface area contributed by atoms with E-state index in [1.807, 2.05) is 6.07 Å². The first kappa shape index (κ1) is 16.2. The predicted octanol–water partition coefficient (Wildman–Crippen LogP) is 1.80. The molecule has 1 rings (SSSR count). The van der Waals surface area contributed by atoms with Gasteiger partial charge in [-0.15, -0.1) is 12.4 Å². The van der Waals surface area contributed by atoms with Gasteiger partial charge in [0.15, 0.2) is 0 Å². The monoisotopic (exact) mass is 322 g/mol. The summed E-state index contributed by atoms with van der Waals surface area (Å²) >= 11 is 3.33. The Hall–Kier alpha value is -0.780. The molecular formula is C11H16BrClN2O2. The molecule has 1 aromatic rings. The van der Waals surface area contributed by atoms with Crippen molar-refractivity contribution in [2.24, 2.45) is 0 Å². The van der Waals surface area contributed by atoms with Gasteiger partial charge in [0.1, 0.15) is 5.75 Å². The maximum Gasteiger partial charge on any atom is 0.236 e. The normalized spacial score (nSPS) is 11.5. The number of likely N-dealkylation sites (N-methyl/N-ethyl adjacent to an activating group) is 1. The van der Waals surface area contributed by atoms with Crippen molar-refractivity contribution in [3.05, 3.63) is 28.2 Å². The van der Waals surface area contributed by atoms with E-state index >= 15 is 0 Å². The molecule has 3 N–H and O–H groups in total. The Morgan fingerprint density at radius 1 is 1.53 bits per heavy atom. The molecule has 1 amide bonds. The maximum atomic E-state index is 11.2. The Morgan fingerprint density at radius 2 is 2.18 bits per heavy atom. The zero-order valence-electron chi connectivity index (χ0n) is 9.66. The van der Waals surface area contributed by atoms with Crippen LogP contribution in [-0.2, 0) is 11.3 Å². The van der Waals surface area contributed by atoms with E-state index in [1.165, 1.54) is 0 Å². The number of nitrogens with one attached hydrogen (secondary N) is 2. The first-order valence-electron chi connectivity index (χ1n) is 4.97. The number of rotatable bonds is 4. The second-order valence-corrected chi connectivity index (χ2v) is 4.41. The lowest BCUT2D eigenvalue weighted by Gasteiger charge is -2.13. The van der Waals surface area contributed by atoms with E-state index < -0.39 is 0 Å². The second-order valence-electron chi connectivity index (χ2n) is 3.49. The minimum atomic E-state index is -0.289. The van der Waals surface area contributed by atoms with Crippen LogP contribution >= 0.6 is 28.3 Å². The van der Waals surface area contributed by atoms with Crippen molar-refractivity contribution >= 4 is 34.2 Å². The van der Waals surface area contributed by atoms with Crippen LogP contribution in [0.5, 0.6) is 5.75 Å². The van der Waals surface area contributed by atoms with E-state index in [2.05, 4.69) is 26.6 Å². The zero-order chi connectivity index (χ0) is 12.1. The van der Waals surface area contributed by atoms with Gasteiger partial charge in [0.2, 0.25) is 5.91 Å². The summed E-state index contributed by atoms with van der Waals surface area (Å²) in [5.41, 5.74) is 0.755. The van der Waals surface area contributed by atoms with Crippen LogP contribution in [0.1, 0.15) is 12.5 Å². The number of halogens is 2. The lowest BCUT2D eigenvalue weighted by molar-refractivity contribution is -0.122. The maximum absolute atomic E-state index is 11.2. The third-order valence-electron chi connectivity index (χ3n) is 2.28. The van der Waals surface area contributed by atoms with Crippen molar-refractivity contribution in [3.8, 4) is 5.75 Å². The molecule has 0 aromatic heterocycles. The van der Waals surface area contributed by atoms with Crippen LogP contribution in [0.3, 0.4) is 0 Å². The average Bonchev–Trinajstić information content (AvgIpc) is 2.28. The molecule has 96 valence electrons. The molecule has 6 heteroatoms. The van der Waals surface area contributed by atoms with Crippen LogP contribution < -0.4 is 10.6 Å². The highest BCUT2D eigenvalue weighted by molar-refractivity contribution is 9.10. The van der Waals surface area contributed by atoms with Gasteiger partial charge < -0.3 is 15.7 Å². The summed E-state index contributed by atoms with van der Waals surface area (Å²) in [6.45, 7) is 2.22. The van der Waals surface area contributed by atoms with Gasteiger partial charge in [0, 0.05) is 23.6 Å². The van der Waals surface area contributed by atoms with Crippen LogP contribution in [0.25, 0.3) is 0 Å². The topological polar surface area (TPSA) is 61.4 Å². The minimum absolute atomic E-state index is 0. The van der Waals surface area contributed by atoms with Gasteiger partial charge in [0.25, 0.3) is 0 Å². The summed E-state index contributed by atoms with van der Waals surface area (Å²) in [4.78, 5) is 11.2. The molecule has 0 heterocycles. The van der Waals surface area contributed by atoms with Crippen molar-refractivity contribution in [1.82, 2.24) is 10.6 Å². The van der Waals surface area contributed by atoms with Crippen molar-refractivity contribution in [2.45, 2.75) is 19.5 Å². The van der Waals surface area contributed by atoms with E-state index in [1.54, 1.807) is 26.1 Å². The average molecular weight is 324 g/mol. The lowest BCUT2D eigenvalue weighted by Crippen LogP contribution is -2.40. The van der Waals surface area contributed by atoms with Crippen molar-refractivity contribution in [2.75, 3.05) is 7.05 Å². The summed E-state index contributed by atoms with van der Waals surface area (Å²) in [6.07, 6.45) is 0. The molecule has 0 aliphatic carbocycles. The van der Waals surface area contributed by atoms with Gasteiger partial charge in [-0.05, 0) is 25.1 Å². The molecule has 4 nitrogen and oxygen atoms in total. The standard InChI is InChI=1S/C11H15BrN2O2.ClH/c1-7(11(16)13-2)14-6-8-5-9(12)3-4-10(8)15;/h3-5,7,14-15H,6H2,1-2H3,(H,13,16);1H/t7-;/m1./s1. The van der Waals surface area contributed by atoms with Crippen LogP contribution in [0.4, 0.5) is 0 Å². The van der Waals surface area contributed by atoms with Crippen molar-refractivity contribution < 1.29 is 9.90 Å². The van der Waals surface area contributed by atoms with Gasteiger partial charge in [0.05, 0.1) is 6.04 Å². The summed E-state index contributed by atoms with van der Waals surface area (Å²) in [7, 11) is 1.59. The van der Waals surface area contributed by atoms with E-state index in [9.17, 15) is 9.90 Å². The number of carbonyl (C=O) groups excluding carboxylic acids is 1. The van der Waals surface area contributed by atoms with Gasteiger partial charge in [-0.25, -0.2) is 0 Å². The van der Waals surface area contributed by atoms with Crippen LogP contribution in [0, 0.1) is 0 Å². The highest BCUT2D eigenvalue weighted by Gasteiger charge is 2.10. The quantitative estimate of drug-likeness (QED) is 0.792. The van der Waals surface area contributed by atoms with Gasteiger partial charge in [-0.2, -0.15) is 0 Å². The first-order chi connectivity index (χ1) is 7.54. The molecule has 0 spiro atoms. The number of carbonyl (C=O) groups is 1. The molecule has 17 heavy (non-hydrogen) atoms. The molecule has 0 fully saturated rings. The highest BCUT2D eigenvalue weighted by Crippen LogP contribution is 2.21. The molecule has 1 atom stereocenters. The number of hydrogen-bond donors (Lipinski definition) is 3. The van der Waals surface area contributed by atoms with Crippen molar-refractivity contribution in [1.29, 1.82) is 0 Å². The predicted molar refractivity (Wildman–Crippen MR) is 73.4 cm³/mol. The fourth-order valence-electron chi connectivity index (χ4n) is 1.27. The smallest absolute Gasteiger partial charge is 0.236 e. The largest absolute Gasteiger partial charge is 0.508 e.